The van der Waals surface area contributed by atoms with Crippen molar-refractivity contribution in [2.45, 2.75) is 73.8 Å². The summed E-state index contributed by atoms with van der Waals surface area (Å²) in [6.07, 6.45) is 4.64. The standard InChI is InChI=1S/C16H28N.ClH/c1-7-13-12(6)17(11-5)16(10-4)15(9-3)14(13)8-2;/h7-11H2,1-6H3;1H/q+1;/p-1. The highest BCUT2D eigenvalue weighted by atomic mass is 35.5. The highest BCUT2D eigenvalue weighted by molar-refractivity contribution is 5.37. The van der Waals surface area contributed by atoms with Crippen LogP contribution in [0.3, 0.4) is 0 Å². The van der Waals surface area contributed by atoms with Crippen molar-refractivity contribution in [3.05, 3.63) is 28.1 Å². The van der Waals surface area contributed by atoms with Crippen LogP contribution in [0, 0.1) is 6.92 Å². The first-order valence-corrected chi connectivity index (χ1v) is 7.21. The number of nitrogens with zero attached hydrogens (tertiary/aromatic N) is 1. The van der Waals surface area contributed by atoms with Gasteiger partial charge in [-0.2, -0.15) is 4.57 Å². The SMILES string of the molecule is CCc1c(CC)c(C)[n+](CC)c(CC)c1CC.[Cl-]. The first-order chi connectivity index (χ1) is 8.15. The predicted molar refractivity (Wildman–Crippen MR) is 74.6 cm³/mol. The zero-order valence-electron chi connectivity index (χ0n) is 12.9. The minimum absolute atomic E-state index is 0. The van der Waals surface area contributed by atoms with Gasteiger partial charge in [0.2, 0.25) is 0 Å². The minimum Gasteiger partial charge on any atom is -1.00 e. The maximum Gasteiger partial charge on any atom is 0.184 e. The number of rotatable bonds is 5. The van der Waals surface area contributed by atoms with Crippen LogP contribution in [-0.4, -0.2) is 0 Å². The van der Waals surface area contributed by atoms with Crippen molar-refractivity contribution in [1.82, 2.24) is 0 Å². The first kappa shape index (κ1) is 17.4. The smallest absolute Gasteiger partial charge is 0.184 e. The Hall–Kier alpha value is -0.560. The molecule has 0 spiro atoms. The lowest BCUT2D eigenvalue weighted by atomic mass is 9.92. The van der Waals surface area contributed by atoms with Crippen LogP contribution in [0.25, 0.3) is 0 Å². The maximum absolute atomic E-state index is 2.52. The maximum atomic E-state index is 2.52. The summed E-state index contributed by atoms with van der Waals surface area (Å²) in [7, 11) is 0. The van der Waals surface area contributed by atoms with E-state index in [4.69, 9.17) is 0 Å². The van der Waals surface area contributed by atoms with Crippen molar-refractivity contribution in [2.75, 3.05) is 0 Å². The molecule has 18 heavy (non-hydrogen) atoms. The molecule has 1 nitrogen and oxygen atoms in total. The van der Waals surface area contributed by atoms with Crippen LogP contribution >= 0.6 is 0 Å². The molecule has 0 fully saturated rings. The van der Waals surface area contributed by atoms with E-state index in [2.05, 4.69) is 46.1 Å². The van der Waals surface area contributed by atoms with Gasteiger partial charge in [-0.1, -0.05) is 27.7 Å². The lowest BCUT2D eigenvalue weighted by Gasteiger charge is -2.17. The average Bonchev–Trinajstić information content (AvgIpc) is 2.36. The Balaban J connectivity index is 0.00000289. The molecule has 0 radical (unpaired) electrons. The molecule has 0 aliphatic carbocycles. The van der Waals surface area contributed by atoms with E-state index >= 15 is 0 Å². The van der Waals surface area contributed by atoms with Crippen LogP contribution in [0.1, 0.15) is 62.7 Å². The second kappa shape index (κ2) is 7.78. The summed E-state index contributed by atoms with van der Waals surface area (Å²) in [5, 5.41) is 0. The van der Waals surface area contributed by atoms with Crippen LogP contribution < -0.4 is 17.0 Å². The van der Waals surface area contributed by atoms with Crippen molar-refractivity contribution in [2.24, 2.45) is 0 Å². The summed E-state index contributed by atoms with van der Waals surface area (Å²) >= 11 is 0. The highest BCUT2D eigenvalue weighted by Crippen LogP contribution is 2.22. The minimum atomic E-state index is 0. The third kappa shape index (κ3) is 2.88. The Bertz CT molecular complexity index is 364. The largest absolute Gasteiger partial charge is 1.00 e. The summed E-state index contributed by atoms with van der Waals surface area (Å²) in [6.45, 7) is 14.8. The molecule has 0 saturated carbocycles. The van der Waals surface area contributed by atoms with Crippen LogP contribution in [0.15, 0.2) is 0 Å². The topological polar surface area (TPSA) is 3.88 Å². The van der Waals surface area contributed by atoms with Crippen molar-refractivity contribution in [3.63, 3.8) is 0 Å². The number of halogens is 1. The van der Waals surface area contributed by atoms with Gasteiger partial charge in [0, 0.05) is 24.5 Å². The molecule has 0 N–H and O–H groups in total. The molecule has 0 aromatic carbocycles. The molecule has 1 aromatic rings. The van der Waals surface area contributed by atoms with Crippen LogP contribution in [0.2, 0.25) is 0 Å². The Kier molecular flexibility index (Phi) is 7.54. The summed E-state index contributed by atoms with van der Waals surface area (Å²) < 4.78 is 2.52. The molecule has 0 aliphatic heterocycles. The van der Waals surface area contributed by atoms with Gasteiger partial charge in [-0.25, -0.2) is 0 Å². The van der Waals surface area contributed by atoms with Gasteiger partial charge in [0.05, 0.1) is 0 Å². The van der Waals surface area contributed by atoms with Crippen molar-refractivity contribution < 1.29 is 17.0 Å². The molecule has 1 aromatic heterocycles. The van der Waals surface area contributed by atoms with Gasteiger partial charge in [0.25, 0.3) is 0 Å². The van der Waals surface area contributed by atoms with Gasteiger partial charge in [-0.15, -0.1) is 0 Å². The zero-order valence-corrected chi connectivity index (χ0v) is 13.6. The lowest BCUT2D eigenvalue weighted by molar-refractivity contribution is -0.707. The lowest BCUT2D eigenvalue weighted by Crippen LogP contribution is -3.00. The average molecular weight is 270 g/mol. The highest BCUT2D eigenvalue weighted by Gasteiger charge is 2.23. The number of pyridine rings is 1. The van der Waals surface area contributed by atoms with E-state index in [0.717, 1.165) is 19.4 Å². The molecule has 0 bridgehead atoms. The Morgan fingerprint density at radius 3 is 1.56 bits per heavy atom. The van der Waals surface area contributed by atoms with Gasteiger partial charge in [-0.05, 0) is 31.7 Å². The molecule has 1 rings (SSSR count). The molecular weight excluding hydrogens is 242 g/mol. The van der Waals surface area contributed by atoms with Gasteiger partial charge >= 0.3 is 0 Å². The molecule has 104 valence electrons. The van der Waals surface area contributed by atoms with E-state index < -0.39 is 0 Å². The molecule has 1 heterocycles. The van der Waals surface area contributed by atoms with E-state index in [1.807, 2.05) is 0 Å². The molecule has 0 unspecified atom stereocenters. The molecule has 0 aliphatic rings. The third-order valence-corrected chi connectivity index (χ3v) is 3.96. The molecule has 0 atom stereocenters. The van der Waals surface area contributed by atoms with Crippen LogP contribution in [0.5, 0.6) is 0 Å². The molecule has 2 heteroatoms. The number of hydrogen-bond acceptors (Lipinski definition) is 0. The monoisotopic (exact) mass is 269 g/mol. The van der Waals surface area contributed by atoms with Gasteiger partial charge in [-0.3, -0.25) is 0 Å². The fourth-order valence-electron chi connectivity index (χ4n) is 3.25. The zero-order chi connectivity index (χ0) is 13.0. The second-order valence-corrected chi connectivity index (χ2v) is 4.63. The fourth-order valence-corrected chi connectivity index (χ4v) is 3.25. The Labute approximate surface area is 119 Å². The fraction of sp³-hybridized carbons (Fsp3) is 0.688. The normalized spacial score (nSPS) is 10.3. The van der Waals surface area contributed by atoms with Gasteiger partial charge < -0.3 is 12.4 Å². The molecule has 0 amide bonds. The molecule has 0 saturated heterocycles. The summed E-state index contributed by atoms with van der Waals surface area (Å²) in [6, 6.07) is 0. The van der Waals surface area contributed by atoms with Crippen LogP contribution in [0.4, 0.5) is 0 Å². The van der Waals surface area contributed by atoms with Crippen molar-refractivity contribution >= 4 is 0 Å². The van der Waals surface area contributed by atoms with E-state index in [-0.39, 0.29) is 12.4 Å². The summed E-state index contributed by atoms with van der Waals surface area (Å²) in [5.74, 6) is 0. The third-order valence-electron chi connectivity index (χ3n) is 3.96. The Morgan fingerprint density at radius 1 is 0.722 bits per heavy atom. The quantitative estimate of drug-likeness (QED) is 0.688. The van der Waals surface area contributed by atoms with E-state index in [1.54, 1.807) is 22.4 Å². The van der Waals surface area contributed by atoms with Gasteiger partial charge in [0.1, 0.15) is 6.54 Å². The van der Waals surface area contributed by atoms with Crippen molar-refractivity contribution in [1.29, 1.82) is 0 Å². The number of aromatic nitrogens is 1. The molecular formula is C16H28ClN. The van der Waals surface area contributed by atoms with E-state index in [0.29, 0.717) is 0 Å². The summed E-state index contributed by atoms with van der Waals surface area (Å²) in [5.41, 5.74) is 7.86. The van der Waals surface area contributed by atoms with E-state index in [9.17, 15) is 0 Å². The predicted octanol–water partition coefficient (Wildman–Crippen LogP) is 0.556. The second-order valence-electron chi connectivity index (χ2n) is 4.63. The van der Waals surface area contributed by atoms with Gasteiger partial charge in [0.15, 0.2) is 11.4 Å². The number of hydrogen-bond donors (Lipinski definition) is 0. The van der Waals surface area contributed by atoms with E-state index in [1.165, 1.54) is 18.5 Å². The van der Waals surface area contributed by atoms with Crippen LogP contribution in [-0.2, 0) is 32.2 Å². The first-order valence-electron chi connectivity index (χ1n) is 7.21. The Morgan fingerprint density at radius 2 is 1.22 bits per heavy atom. The van der Waals surface area contributed by atoms with Crippen molar-refractivity contribution in [3.8, 4) is 0 Å². The summed E-state index contributed by atoms with van der Waals surface area (Å²) in [4.78, 5) is 0.